The second-order valence-electron chi connectivity index (χ2n) is 3.44. The van der Waals surface area contributed by atoms with Crippen LogP contribution in [0.5, 0.6) is 0 Å². The predicted molar refractivity (Wildman–Crippen MR) is 48.0 cm³/mol. The van der Waals surface area contributed by atoms with Crippen molar-refractivity contribution < 1.29 is 13.2 Å². The van der Waals surface area contributed by atoms with Crippen LogP contribution in [0, 0.1) is 0 Å². The molecule has 0 radical (unpaired) electrons. The van der Waals surface area contributed by atoms with Crippen LogP contribution in [0.3, 0.4) is 0 Å². The van der Waals surface area contributed by atoms with Crippen molar-refractivity contribution in [2.24, 2.45) is 7.05 Å². The number of nitrogens with one attached hydrogen (secondary N) is 1. The van der Waals surface area contributed by atoms with Crippen molar-refractivity contribution in [2.75, 3.05) is 0 Å². The van der Waals surface area contributed by atoms with Gasteiger partial charge in [0, 0.05) is 13.1 Å². The average molecular weight is 222 g/mol. The van der Waals surface area contributed by atoms with Gasteiger partial charge in [0.15, 0.2) is 5.82 Å². The maximum atomic E-state index is 12.0. The lowest BCUT2D eigenvalue weighted by molar-refractivity contribution is -0.139. The third-order valence-electron chi connectivity index (χ3n) is 1.79. The van der Waals surface area contributed by atoms with Gasteiger partial charge in [0.05, 0.1) is 13.0 Å². The fourth-order valence-corrected chi connectivity index (χ4v) is 1.15. The summed E-state index contributed by atoms with van der Waals surface area (Å²) >= 11 is 0. The Morgan fingerprint density at radius 2 is 2.20 bits per heavy atom. The van der Waals surface area contributed by atoms with Crippen molar-refractivity contribution in [2.45, 2.75) is 32.1 Å². The van der Waals surface area contributed by atoms with Gasteiger partial charge in [-0.1, -0.05) is 0 Å². The number of hydrogen-bond donors (Lipinski definition) is 1. The van der Waals surface area contributed by atoms with Crippen molar-refractivity contribution in [1.82, 2.24) is 20.1 Å². The molecule has 0 spiro atoms. The van der Waals surface area contributed by atoms with Crippen LogP contribution in [-0.4, -0.2) is 27.0 Å². The highest BCUT2D eigenvalue weighted by atomic mass is 19.4. The van der Waals surface area contributed by atoms with Crippen LogP contribution in [0.2, 0.25) is 0 Å². The fraction of sp³-hybridized carbons (Fsp3) is 0.750. The quantitative estimate of drug-likeness (QED) is 0.833. The first-order valence-corrected chi connectivity index (χ1v) is 4.51. The second-order valence-corrected chi connectivity index (χ2v) is 3.44. The van der Waals surface area contributed by atoms with Crippen LogP contribution >= 0.6 is 0 Å². The molecular formula is C8H13F3N4. The first-order valence-electron chi connectivity index (χ1n) is 4.51. The van der Waals surface area contributed by atoms with Gasteiger partial charge in [0.1, 0.15) is 6.33 Å². The van der Waals surface area contributed by atoms with Gasteiger partial charge in [-0.3, -0.25) is 4.68 Å². The van der Waals surface area contributed by atoms with Crippen molar-refractivity contribution in [3.8, 4) is 0 Å². The van der Waals surface area contributed by atoms with Crippen LogP contribution in [0.1, 0.15) is 19.2 Å². The molecule has 0 aliphatic heterocycles. The topological polar surface area (TPSA) is 42.7 Å². The molecular weight excluding hydrogens is 209 g/mol. The van der Waals surface area contributed by atoms with Crippen molar-refractivity contribution in [3.63, 3.8) is 0 Å². The van der Waals surface area contributed by atoms with Crippen LogP contribution in [0.15, 0.2) is 6.33 Å². The lowest BCUT2D eigenvalue weighted by Crippen LogP contribution is -2.31. The van der Waals surface area contributed by atoms with Gasteiger partial charge in [0.2, 0.25) is 0 Å². The van der Waals surface area contributed by atoms with Crippen molar-refractivity contribution >= 4 is 0 Å². The Balaban J connectivity index is 2.31. The predicted octanol–water partition coefficient (Wildman–Crippen LogP) is 1.25. The zero-order valence-corrected chi connectivity index (χ0v) is 8.54. The highest BCUT2D eigenvalue weighted by molar-refractivity contribution is 4.81. The summed E-state index contributed by atoms with van der Waals surface area (Å²) in [6.07, 6.45) is -3.48. The van der Waals surface area contributed by atoms with E-state index in [0.29, 0.717) is 5.82 Å². The highest BCUT2D eigenvalue weighted by Gasteiger charge is 2.29. The number of halogens is 3. The molecule has 1 atom stereocenters. The highest BCUT2D eigenvalue weighted by Crippen LogP contribution is 2.21. The molecule has 0 aliphatic rings. The lowest BCUT2D eigenvalue weighted by Gasteiger charge is -2.14. The maximum Gasteiger partial charge on any atom is 0.390 e. The summed E-state index contributed by atoms with van der Waals surface area (Å²) in [5.41, 5.74) is 0. The summed E-state index contributed by atoms with van der Waals surface area (Å²) in [5.74, 6) is 0.492. The zero-order chi connectivity index (χ0) is 11.5. The minimum Gasteiger partial charge on any atom is -0.307 e. The van der Waals surface area contributed by atoms with E-state index in [4.69, 9.17) is 0 Å². The molecule has 86 valence electrons. The molecule has 0 aliphatic carbocycles. The van der Waals surface area contributed by atoms with E-state index in [9.17, 15) is 13.2 Å². The molecule has 1 heterocycles. The Labute approximate surface area is 85.5 Å². The molecule has 0 saturated heterocycles. The first kappa shape index (κ1) is 12.0. The molecule has 0 amide bonds. The minimum atomic E-state index is -4.13. The second kappa shape index (κ2) is 4.61. The van der Waals surface area contributed by atoms with Crippen molar-refractivity contribution in [3.05, 3.63) is 12.2 Å². The van der Waals surface area contributed by atoms with Gasteiger partial charge >= 0.3 is 6.18 Å². The summed E-state index contributed by atoms with van der Waals surface area (Å²) < 4.78 is 37.4. The van der Waals surface area contributed by atoms with Gasteiger partial charge in [-0.25, -0.2) is 4.98 Å². The molecule has 1 aromatic rings. The van der Waals surface area contributed by atoms with E-state index in [1.54, 1.807) is 7.05 Å². The zero-order valence-electron chi connectivity index (χ0n) is 8.54. The number of hydrogen-bond acceptors (Lipinski definition) is 3. The summed E-state index contributed by atoms with van der Waals surface area (Å²) in [6.45, 7) is 1.73. The normalized spacial score (nSPS) is 14.2. The van der Waals surface area contributed by atoms with E-state index in [0.717, 1.165) is 0 Å². The molecule has 1 N–H and O–H groups in total. The number of alkyl halides is 3. The molecule has 0 bridgehead atoms. The van der Waals surface area contributed by atoms with Gasteiger partial charge < -0.3 is 5.32 Å². The lowest BCUT2D eigenvalue weighted by atomic mass is 10.2. The SMILES string of the molecule is CC(CC(F)(F)F)NCc1ncn(C)n1. The molecule has 0 saturated carbocycles. The summed E-state index contributed by atoms with van der Waals surface area (Å²) in [7, 11) is 1.70. The molecule has 7 heteroatoms. The van der Waals surface area contributed by atoms with Crippen molar-refractivity contribution in [1.29, 1.82) is 0 Å². The van der Waals surface area contributed by atoms with E-state index < -0.39 is 18.6 Å². The van der Waals surface area contributed by atoms with Crippen LogP contribution in [-0.2, 0) is 13.6 Å². The number of rotatable bonds is 4. The third kappa shape index (κ3) is 4.78. The molecule has 4 nitrogen and oxygen atoms in total. The van der Waals surface area contributed by atoms with Gasteiger partial charge in [-0.2, -0.15) is 18.3 Å². The van der Waals surface area contributed by atoms with Crippen LogP contribution in [0.4, 0.5) is 13.2 Å². The average Bonchev–Trinajstić information content (AvgIpc) is 2.45. The van der Waals surface area contributed by atoms with E-state index in [2.05, 4.69) is 15.4 Å². The fourth-order valence-electron chi connectivity index (χ4n) is 1.15. The summed E-state index contributed by atoms with van der Waals surface area (Å²) in [4.78, 5) is 3.89. The van der Waals surface area contributed by atoms with E-state index in [1.807, 2.05) is 0 Å². The van der Waals surface area contributed by atoms with E-state index >= 15 is 0 Å². The van der Waals surface area contributed by atoms with E-state index in [-0.39, 0.29) is 6.54 Å². The standard InChI is InChI=1S/C8H13F3N4/c1-6(3-8(9,10)11)12-4-7-13-5-15(2)14-7/h5-6,12H,3-4H2,1-2H3. The smallest absolute Gasteiger partial charge is 0.307 e. The summed E-state index contributed by atoms with van der Waals surface area (Å²) in [5, 5.41) is 6.65. The van der Waals surface area contributed by atoms with Gasteiger partial charge in [-0.15, -0.1) is 0 Å². The molecule has 1 rings (SSSR count). The van der Waals surface area contributed by atoms with Crippen LogP contribution in [0.25, 0.3) is 0 Å². The number of aryl methyl sites for hydroxylation is 1. The third-order valence-corrected chi connectivity index (χ3v) is 1.79. The number of aromatic nitrogens is 3. The van der Waals surface area contributed by atoms with E-state index in [1.165, 1.54) is 17.9 Å². The minimum absolute atomic E-state index is 0.248. The Morgan fingerprint density at radius 3 is 2.67 bits per heavy atom. The molecule has 0 aromatic carbocycles. The Morgan fingerprint density at radius 1 is 1.53 bits per heavy atom. The Bertz CT molecular complexity index is 307. The maximum absolute atomic E-state index is 12.0. The molecule has 1 aromatic heterocycles. The van der Waals surface area contributed by atoms with Crippen LogP contribution < -0.4 is 5.32 Å². The number of nitrogens with zero attached hydrogens (tertiary/aromatic N) is 3. The monoisotopic (exact) mass is 222 g/mol. The molecule has 1 unspecified atom stereocenters. The van der Waals surface area contributed by atoms with Gasteiger partial charge in [-0.05, 0) is 6.92 Å². The Hall–Kier alpha value is -1.11. The summed E-state index contributed by atoms with van der Waals surface area (Å²) in [6, 6.07) is -0.631. The first-order chi connectivity index (χ1) is 6.87. The molecule has 15 heavy (non-hydrogen) atoms. The molecule has 0 fully saturated rings. The Kier molecular flexibility index (Phi) is 3.67. The van der Waals surface area contributed by atoms with Gasteiger partial charge in [0.25, 0.3) is 0 Å². The largest absolute Gasteiger partial charge is 0.390 e.